The van der Waals surface area contributed by atoms with E-state index in [-0.39, 0.29) is 11.5 Å². The summed E-state index contributed by atoms with van der Waals surface area (Å²) in [6.07, 6.45) is 1.48. The smallest absolute Gasteiger partial charge is 0.268 e. The van der Waals surface area contributed by atoms with Gasteiger partial charge in [0, 0.05) is 21.6 Å². The second kappa shape index (κ2) is 5.53. The average molecular weight is 380 g/mol. The number of aromatic nitrogens is 1. The fourth-order valence-electron chi connectivity index (χ4n) is 2.39. The summed E-state index contributed by atoms with van der Waals surface area (Å²) in [4.78, 5) is 0.224. The van der Waals surface area contributed by atoms with Gasteiger partial charge < -0.3 is 5.11 Å². The number of hydrogen-bond donors (Lipinski definition) is 1. The van der Waals surface area contributed by atoms with Crippen LogP contribution in [-0.2, 0) is 16.6 Å². The van der Waals surface area contributed by atoms with E-state index in [1.54, 1.807) is 36.4 Å². The number of aliphatic hydroxyl groups is 1. The molecule has 1 aromatic heterocycles. The number of rotatable bonds is 3. The largest absolute Gasteiger partial charge is 0.392 e. The van der Waals surface area contributed by atoms with Gasteiger partial charge in [-0.3, -0.25) is 0 Å². The number of hydrogen-bond acceptors (Lipinski definition) is 3. The lowest BCUT2D eigenvalue weighted by atomic mass is 10.2. The van der Waals surface area contributed by atoms with Gasteiger partial charge in [-0.15, -0.1) is 0 Å². The Morgan fingerprint density at radius 2 is 1.82 bits per heavy atom. The van der Waals surface area contributed by atoms with E-state index in [9.17, 15) is 13.5 Å². The zero-order chi connectivity index (χ0) is 15.9. The quantitative estimate of drug-likeness (QED) is 0.757. The summed E-state index contributed by atoms with van der Waals surface area (Å²) in [5.41, 5.74) is 2.12. The van der Waals surface area contributed by atoms with Crippen LogP contribution < -0.4 is 0 Å². The maximum absolute atomic E-state index is 12.8. The molecule has 0 saturated carbocycles. The van der Waals surface area contributed by atoms with Gasteiger partial charge in [0.2, 0.25) is 0 Å². The van der Waals surface area contributed by atoms with Crippen molar-refractivity contribution in [2.75, 3.05) is 0 Å². The first kappa shape index (κ1) is 15.3. The highest BCUT2D eigenvalue weighted by Gasteiger charge is 2.21. The molecule has 0 aliphatic heterocycles. The third kappa shape index (κ3) is 2.47. The molecule has 0 saturated heterocycles. The summed E-state index contributed by atoms with van der Waals surface area (Å²) in [5.74, 6) is 0. The van der Waals surface area contributed by atoms with Gasteiger partial charge in [-0.05, 0) is 37.3 Å². The number of fused-ring (bicyclic) bond motifs is 1. The van der Waals surface area contributed by atoms with E-state index in [1.807, 2.05) is 13.0 Å². The van der Waals surface area contributed by atoms with Crippen LogP contribution in [0.2, 0.25) is 0 Å². The van der Waals surface area contributed by atoms with Crippen LogP contribution in [0.1, 0.15) is 11.1 Å². The first-order chi connectivity index (χ1) is 10.4. The second-order valence-corrected chi connectivity index (χ2v) is 7.82. The molecule has 22 heavy (non-hydrogen) atoms. The number of aliphatic hydroxyl groups excluding tert-OH is 1. The molecule has 1 N–H and O–H groups in total. The van der Waals surface area contributed by atoms with Gasteiger partial charge in [0.25, 0.3) is 10.0 Å². The maximum atomic E-state index is 12.8. The highest BCUT2D eigenvalue weighted by atomic mass is 79.9. The minimum Gasteiger partial charge on any atom is -0.392 e. The summed E-state index contributed by atoms with van der Waals surface area (Å²) in [6, 6.07) is 12.0. The topological polar surface area (TPSA) is 59.3 Å². The third-order valence-electron chi connectivity index (χ3n) is 3.56. The van der Waals surface area contributed by atoms with Gasteiger partial charge >= 0.3 is 0 Å². The molecule has 0 bridgehead atoms. The van der Waals surface area contributed by atoms with Crippen LogP contribution in [0, 0.1) is 6.92 Å². The van der Waals surface area contributed by atoms with Crippen LogP contribution in [0.4, 0.5) is 0 Å². The summed E-state index contributed by atoms with van der Waals surface area (Å²) >= 11 is 3.37. The van der Waals surface area contributed by atoms with Crippen LogP contribution in [0.25, 0.3) is 10.9 Å². The summed E-state index contributed by atoms with van der Waals surface area (Å²) in [6.45, 7) is 1.69. The minimum atomic E-state index is -3.69. The first-order valence-corrected chi connectivity index (χ1v) is 8.89. The molecule has 0 amide bonds. The lowest BCUT2D eigenvalue weighted by molar-refractivity contribution is 0.283. The lowest BCUT2D eigenvalue weighted by Gasteiger charge is -2.08. The van der Waals surface area contributed by atoms with Crippen molar-refractivity contribution < 1.29 is 13.5 Å². The Morgan fingerprint density at radius 1 is 1.14 bits per heavy atom. The predicted molar refractivity (Wildman–Crippen MR) is 89.3 cm³/mol. The van der Waals surface area contributed by atoms with Crippen LogP contribution in [0.5, 0.6) is 0 Å². The summed E-state index contributed by atoms with van der Waals surface area (Å²) in [5, 5.41) is 10.2. The van der Waals surface area contributed by atoms with Crippen molar-refractivity contribution in [1.29, 1.82) is 0 Å². The fourth-order valence-corrected chi connectivity index (χ4v) is 4.14. The average Bonchev–Trinajstić information content (AvgIpc) is 2.86. The number of aryl methyl sites for hydroxylation is 1. The molecule has 6 heteroatoms. The lowest BCUT2D eigenvalue weighted by Crippen LogP contribution is -2.11. The Morgan fingerprint density at radius 3 is 2.45 bits per heavy atom. The van der Waals surface area contributed by atoms with E-state index < -0.39 is 10.0 Å². The molecule has 1 heterocycles. The van der Waals surface area contributed by atoms with E-state index in [0.717, 1.165) is 10.0 Å². The number of halogens is 1. The van der Waals surface area contributed by atoms with E-state index >= 15 is 0 Å². The molecular formula is C16H14BrNO3S. The molecule has 0 atom stereocenters. The second-order valence-electron chi connectivity index (χ2n) is 5.09. The highest BCUT2D eigenvalue weighted by molar-refractivity contribution is 9.10. The Bertz CT molecular complexity index is 943. The Labute approximate surface area is 137 Å². The molecule has 3 aromatic rings. The number of nitrogens with zero attached hydrogens (tertiary/aromatic N) is 1. The van der Waals surface area contributed by atoms with Crippen molar-refractivity contribution in [1.82, 2.24) is 3.97 Å². The Balaban J connectivity index is 2.27. The van der Waals surface area contributed by atoms with E-state index in [1.165, 1.54) is 10.2 Å². The highest BCUT2D eigenvalue weighted by Crippen LogP contribution is 2.28. The number of benzene rings is 2. The van der Waals surface area contributed by atoms with E-state index in [2.05, 4.69) is 15.9 Å². The first-order valence-electron chi connectivity index (χ1n) is 6.66. The van der Waals surface area contributed by atoms with Crippen LogP contribution >= 0.6 is 15.9 Å². The van der Waals surface area contributed by atoms with Crippen LogP contribution in [0.3, 0.4) is 0 Å². The standard InChI is InChI=1S/C16H14BrNO3S/c1-11-2-5-14(6-3-11)22(20,21)18-9-12(10-19)15-8-13(17)4-7-16(15)18/h2-9,19H,10H2,1H3. The normalized spacial score (nSPS) is 12.0. The zero-order valence-corrected chi connectivity index (χ0v) is 14.2. The molecule has 0 radical (unpaired) electrons. The molecule has 0 aliphatic rings. The van der Waals surface area contributed by atoms with Gasteiger partial charge in [-0.25, -0.2) is 12.4 Å². The molecule has 3 rings (SSSR count). The molecule has 0 unspecified atom stereocenters. The van der Waals surface area contributed by atoms with Crippen LogP contribution in [-0.4, -0.2) is 17.5 Å². The van der Waals surface area contributed by atoms with Gasteiger partial charge in [-0.2, -0.15) is 0 Å². The van der Waals surface area contributed by atoms with Crippen molar-refractivity contribution in [3.63, 3.8) is 0 Å². The van der Waals surface area contributed by atoms with E-state index in [4.69, 9.17) is 0 Å². The minimum absolute atomic E-state index is 0.219. The SMILES string of the molecule is Cc1ccc(S(=O)(=O)n2cc(CO)c3cc(Br)ccc32)cc1. The Hall–Kier alpha value is -1.63. The van der Waals surface area contributed by atoms with Crippen molar-refractivity contribution >= 4 is 36.9 Å². The van der Waals surface area contributed by atoms with Crippen molar-refractivity contribution in [3.05, 3.63) is 64.3 Å². The predicted octanol–water partition coefficient (Wildman–Crippen LogP) is 3.44. The molecule has 0 aliphatic carbocycles. The van der Waals surface area contributed by atoms with Crippen molar-refractivity contribution in [2.45, 2.75) is 18.4 Å². The summed E-state index contributed by atoms with van der Waals surface area (Å²) < 4.78 is 27.7. The molecular weight excluding hydrogens is 366 g/mol. The molecule has 4 nitrogen and oxygen atoms in total. The van der Waals surface area contributed by atoms with Gasteiger partial charge in [0.1, 0.15) is 0 Å². The third-order valence-corrected chi connectivity index (χ3v) is 5.74. The van der Waals surface area contributed by atoms with Crippen LogP contribution in [0.15, 0.2) is 58.0 Å². The summed E-state index contributed by atoms with van der Waals surface area (Å²) in [7, 11) is -3.69. The zero-order valence-electron chi connectivity index (χ0n) is 11.8. The maximum Gasteiger partial charge on any atom is 0.268 e. The van der Waals surface area contributed by atoms with Gasteiger partial charge in [0.15, 0.2) is 0 Å². The molecule has 2 aromatic carbocycles. The van der Waals surface area contributed by atoms with Crippen molar-refractivity contribution in [3.8, 4) is 0 Å². The van der Waals surface area contributed by atoms with Gasteiger partial charge in [0.05, 0.1) is 17.0 Å². The van der Waals surface area contributed by atoms with E-state index in [0.29, 0.717) is 16.5 Å². The van der Waals surface area contributed by atoms with Crippen molar-refractivity contribution in [2.24, 2.45) is 0 Å². The van der Waals surface area contributed by atoms with Gasteiger partial charge in [-0.1, -0.05) is 33.6 Å². The fraction of sp³-hybridized carbons (Fsp3) is 0.125. The monoisotopic (exact) mass is 379 g/mol. The molecule has 0 spiro atoms. The Kier molecular flexibility index (Phi) is 3.84. The molecule has 0 fully saturated rings. The molecule has 114 valence electrons.